The number of thioether (sulfide) groups is 1. The number of carbonyl (C=O) groups is 1. The fourth-order valence-corrected chi connectivity index (χ4v) is 5.10. The lowest BCUT2D eigenvalue weighted by Crippen LogP contribution is -2.47. The summed E-state index contributed by atoms with van der Waals surface area (Å²) < 4.78 is 0. The van der Waals surface area contributed by atoms with Crippen molar-refractivity contribution in [1.82, 2.24) is 4.90 Å². The van der Waals surface area contributed by atoms with E-state index in [0.717, 1.165) is 38.1 Å². The zero-order chi connectivity index (χ0) is 12.5. The van der Waals surface area contributed by atoms with Gasteiger partial charge >= 0.3 is 0 Å². The molecule has 1 saturated heterocycles. The van der Waals surface area contributed by atoms with Gasteiger partial charge < -0.3 is 10.6 Å². The van der Waals surface area contributed by atoms with Crippen molar-refractivity contribution in [3.63, 3.8) is 0 Å². The molecule has 2 aliphatic heterocycles. The summed E-state index contributed by atoms with van der Waals surface area (Å²) in [6.45, 7) is 1.61. The molecular weight excluding hydrogens is 264 g/mol. The number of hydrogen-bond donors (Lipinski definition) is 1. The number of piperidine rings is 1. The van der Waals surface area contributed by atoms with Crippen LogP contribution in [0.4, 0.5) is 0 Å². The molecule has 98 valence electrons. The van der Waals surface area contributed by atoms with E-state index < -0.39 is 0 Å². The van der Waals surface area contributed by atoms with Gasteiger partial charge in [-0.3, -0.25) is 4.79 Å². The van der Waals surface area contributed by atoms with Gasteiger partial charge in [-0.2, -0.15) is 0 Å². The molecule has 3 heterocycles. The maximum atomic E-state index is 12.6. The first-order chi connectivity index (χ1) is 8.75. The van der Waals surface area contributed by atoms with Crippen LogP contribution in [-0.4, -0.2) is 35.7 Å². The lowest BCUT2D eigenvalue weighted by molar-refractivity contribution is -0.131. The minimum atomic E-state index is 0.0188. The molecule has 0 saturated carbocycles. The fraction of sp³-hybridized carbons (Fsp3) is 0.615. The molecule has 1 amide bonds. The summed E-state index contributed by atoms with van der Waals surface area (Å²) in [4.78, 5) is 16.0. The van der Waals surface area contributed by atoms with Crippen LogP contribution in [0.3, 0.4) is 0 Å². The minimum Gasteiger partial charge on any atom is -0.340 e. The topological polar surface area (TPSA) is 46.3 Å². The summed E-state index contributed by atoms with van der Waals surface area (Å²) in [5, 5.41) is 2.13. The van der Waals surface area contributed by atoms with Crippen molar-refractivity contribution >= 4 is 29.0 Å². The van der Waals surface area contributed by atoms with Crippen molar-refractivity contribution in [2.45, 2.75) is 30.6 Å². The summed E-state index contributed by atoms with van der Waals surface area (Å²) >= 11 is 3.57. The number of hydrogen-bond acceptors (Lipinski definition) is 4. The molecule has 3 nitrogen and oxygen atoms in total. The normalized spacial score (nSPS) is 27.9. The van der Waals surface area contributed by atoms with Gasteiger partial charge in [0.25, 0.3) is 0 Å². The largest absolute Gasteiger partial charge is 0.340 e. The number of likely N-dealkylation sites (tertiary alicyclic amines) is 1. The van der Waals surface area contributed by atoms with E-state index in [-0.39, 0.29) is 17.2 Å². The van der Waals surface area contributed by atoms with Crippen molar-refractivity contribution in [2.24, 2.45) is 5.73 Å². The molecule has 0 aliphatic carbocycles. The highest BCUT2D eigenvalue weighted by atomic mass is 32.2. The average Bonchev–Trinajstić information content (AvgIpc) is 2.86. The zero-order valence-electron chi connectivity index (χ0n) is 10.3. The maximum Gasteiger partial charge on any atom is 0.240 e. The number of thiophene rings is 1. The standard InChI is InChI=1S/C13H18N2OS2/c14-9-2-1-5-15(8-9)13(16)12-10-3-6-17-11(10)4-7-18-12/h3,6,9,12H,1-2,4-5,7-8,14H2. The molecule has 1 aromatic rings. The second kappa shape index (κ2) is 5.23. The van der Waals surface area contributed by atoms with Gasteiger partial charge in [0.2, 0.25) is 5.91 Å². The molecule has 3 rings (SSSR count). The second-order valence-electron chi connectivity index (χ2n) is 4.99. The number of nitrogens with two attached hydrogens (primary N) is 1. The van der Waals surface area contributed by atoms with Gasteiger partial charge in [-0.15, -0.1) is 23.1 Å². The summed E-state index contributed by atoms with van der Waals surface area (Å²) in [6.07, 6.45) is 3.20. The number of carbonyl (C=O) groups excluding carboxylic acids is 1. The maximum absolute atomic E-state index is 12.6. The van der Waals surface area contributed by atoms with Crippen molar-refractivity contribution in [1.29, 1.82) is 0 Å². The van der Waals surface area contributed by atoms with E-state index in [1.54, 1.807) is 23.1 Å². The van der Waals surface area contributed by atoms with Gasteiger partial charge in [0, 0.05) is 24.0 Å². The Labute approximate surface area is 116 Å². The first-order valence-electron chi connectivity index (χ1n) is 6.48. The van der Waals surface area contributed by atoms with Crippen LogP contribution >= 0.6 is 23.1 Å². The lowest BCUT2D eigenvalue weighted by atomic mass is 10.0. The number of amides is 1. The van der Waals surface area contributed by atoms with Crippen LogP contribution in [0.2, 0.25) is 0 Å². The Hall–Kier alpha value is -0.520. The summed E-state index contributed by atoms with van der Waals surface area (Å²) in [6, 6.07) is 2.29. The summed E-state index contributed by atoms with van der Waals surface area (Å²) in [5.74, 6) is 1.33. The van der Waals surface area contributed by atoms with E-state index in [4.69, 9.17) is 5.73 Å². The molecular formula is C13H18N2OS2. The van der Waals surface area contributed by atoms with Gasteiger partial charge in [-0.1, -0.05) is 0 Å². The highest BCUT2D eigenvalue weighted by Crippen LogP contribution is 2.40. The molecule has 18 heavy (non-hydrogen) atoms. The van der Waals surface area contributed by atoms with Gasteiger partial charge in [0.15, 0.2) is 0 Å². The van der Waals surface area contributed by atoms with Gasteiger partial charge in [0.05, 0.1) is 0 Å². The van der Waals surface area contributed by atoms with Crippen LogP contribution in [0.15, 0.2) is 11.4 Å². The molecule has 1 fully saturated rings. The predicted octanol–water partition coefficient (Wildman–Crippen LogP) is 2.03. The monoisotopic (exact) mass is 282 g/mol. The van der Waals surface area contributed by atoms with Crippen LogP contribution in [0, 0.1) is 0 Å². The Morgan fingerprint density at radius 2 is 2.39 bits per heavy atom. The second-order valence-corrected chi connectivity index (χ2v) is 7.20. The van der Waals surface area contributed by atoms with Crippen LogP contribution in [0.25, 0.3) is 0 Å². The van der Waals surface area contributed by atoms with Crippen LogP contribution in [0.5, 0.6) is 0 Å². The smallest absolute Gasteiger partial charge is 0.240 e. The highest BCUT2D eigenvalue weighted by Gasteiger charge is 2.32. The Kier molecular flexibility index (Phi) is 3.63. The van der Waals surface area contributed by atoms with Crippen LogP contribution in [-0.2, 0) is 11.2 Å². The molecule has 0 aromatic carbocycles. The third-order valence-electron chi connectivity index (χ3n) is 3.67. The van der Waals surface area contributed by atoms with Crippen molar-refractivity contribution in [3.05, 3.63) is 21.9 Å². The van der Waals surface area contributed by atoms with Crippen molar-refractivity contribution in [3.8, 4) is 0 Å². The Balaban J connectivity index is 1.77. The van der Waals surface area contributed by atoms with Gasteiger partial charge in [-0.25, -0.2) is 0 Å². The SMILES string of the molecule is NC1CCCN(C(=O)C2SCCc3sccc32)C1. The predicted molar refractivity (Wildman–Crippen MR) is 77.0 cm³/mol. The third-order valence-corrected chi connectivity index (χ3v) is 5.90. The average molecular weight is 282 g/mol. The number of aryl methyl sites for hydroxylation is 1. The molecule has 2 atom stereocenters. The lowest BCUT2D eigenvalue weighted by Gasteiger charge is -2.34. The minimum absolute atomic E-state index is 0.0188. The first-order valence-corrected chi connectivity index (χ1v) is 8.41. The quantitative estimate of drug-likeness (QED) is 0.857. The molecule has 2 unspecified atom stereocenters. The third kappa shape index (κ3) is 2.31. The molecule has 0 radical (unpaired) electrons. The van der Waals surface area contributed by atoms with E-state index in [0.29, 0.717) is 0 Å². The number of rotatable bonds is 1. The summed E-state index contributed by atoms with van der Waals surface area (Å²) in [7, 11) is 0. The van der Waals surface area contributed by atoms with E-state index in [1.165, 1.54) is 10.4 Å². The van der Waals surface area contributed by atoms with E-state index >= 15 is 0 Å². The fourth-order valence-electron chi connectivity index (χ4n) is 2.73. The Morgan fingerprint density at radius 1 is 1.50 bits per heavy atom. The Bertz CT molecular complexity index is 446. The van der Waals surface area contributed by atoms with E-state index in [9.17, 15) is 4.79 Å². The van der Waals surface area contributed by atoms with Gasteiger partial charge in [-0.05, 0) is 42.0 Å². The molecule has 1 aromatic heterocycles. The van der Waals surface area contributed by atoms with Crippen LogP contribution < -0.4 is 5.73 Å². The molecule has 5 heteroatoms. The number of fused-ring (bicyclic) bond motifs is 1. The van der Waals surface area contributed by atoms with Crippen LogP contribution in [0.1, 0.15) is 28.5 Å². The van der Waals surface area contributed by atoms with E-state index in [1.807, 2.05) is 4.90 Å². The molecule has 2 aliphatic rings. The van der Waals surface area contributed by atoms with E-state index in [2.05, 4.69) is 11.4 Å². The van der Waals surface area contributed by atoms with Gasteiger partial charge in [0.1, 0.15) is 5.25 Å². The molecule has 0 spiro atoms. The highest BCUT2D eigenvalue weighted by molar-refractivity contribution is 8.00. The zero-order valence-corrected chi connectivity index (χ0v) is 11.9. The first kappa shape index (κ1) is 12.5. The number of nitrogens with zero attached hydrogens (tertiary/aromatic N) is 1. The van der Waals surface area contributed by atoms with Crippen molar-refractivity contribution in [2.75, 3.05) is 18.8 Å². The Morgan fingerprint density at radius 3 is 3.22 bits per heavy atom. The molecule has 2 N–H and O–H groups in total. The summed E-state index contributed by atoms with van der Waals surface area (Å²) in [5.41, 5.74) is 7.22. The molecule has 0 bridgehead atoms. The van der Waals surface area contributed by atoms with Crippen molar-refractivity contribution < 1.29 is 4.79 Å².